The molecule has 2 aromatic carbocycles. The van der Waals surface area contributed by atoms with E-state index in [9.17, 15) is 9.59 Å². The van der Waals surface area contributed by atoms with E-state index in [1.165, 1.54) is 17.8 Å². The Morgan fingerprint density at radius 1 is 1.09 bits per heavy atom. The summed E-state index contributed by atoms with van der Waals surface area (Å²) in [6.07, 6.45) is 0.707. The van der Waals surface area contributed by atoms with Gasteiger partial charge in [0.05, 0.1) is 18.0 Å². The third-order valence-electron chi connectivity index (χ3n) is 5.10. The minimum Gasteiger partial charge on any atom is -0.497 e. The molecule has 0 aliphatic carbocycles. The number of rotatable bonds is 9. The second kappa shape index (κ2) is 10.0. The number of fused-ring (bicyclic) bond motifs is 2. The molecular weight excluding hydrogens is 428 g/mol. The molecule has 0 aliphatic heterocycles. The van der Waals surface area contributed by atoms with E-state index in [-0.39, 0.29) is 5.56 Å². The highest BCUT2D eigenvalue weighted by Crippen LogP contribution is 2.28. The summed E-state index contributed by atoms with van der Waals surface area (Å²) in [5.41, 5.74) is 1.43. The van der Waals surface area contributed by atoms with E-state index in [0.29, 0.717) is 59.3 Å². The van der Waals surface area contributed by atoms with E-state index < -0.39 is 5.63 Å². The minimum absolute atomic E-state index is 0.0724. The predicted molar refractivity (Wildman–Crippen MR) is 126 cm³/mol. The molecule has 0 N–H and O–H groups in total. The van der Waals surface area contributed by atoms with Crippen LogP contribution >= 0.6 is 11.8 Å². The molecule has 0 saturated carbocycles. The number of thioether (sulfide) groups is 1. The Morgan fingerprint density at radius 2 is 1.94 bits per heavy atom. The number of hydrogen-bond donors (Lipinski definition) is 0. The van der Waals surface area contributed by atoms with E-state index in [0.717, 1.165) is 10.9 Å². The van der Waals surface area contributed by atoms with Crippen molar-refractivity contribution in [1.29, 1.82) is 0 Å². The SMILES string of the molecule is CCOCCCn1c(SCc2cc(=O)oc3cc(OC)ccc23)nc2ccccc2c1=O. The van der Waals surface area contributed by atoms with Crippen molar-refractivity contribution >= 4 is 33.6 Å². The van der Waals surface area contributed by atoms with E-state index in [1.54, 1.807) is 23.8 Å². The molecule has 7 nitrogen and oxygen atoms in total. The van der Waals surface area contributed by atoms with E-state index in [1.807, 2.05) is 37.3 Å². The van der Waals surface area contributed by atoms with Crippen LogP contribution < -0.4 is 15.9 Å². The van der Waals surface area contributed by atoms with Gasteiger partial charge in [-0.1, -0.05) is 23.9 Å². The standard InChI is InChI=1S/C24H24N2O5S/c1-3-30-12-6-11-26-23(28)19-7-4-5-8-20(19)25-24(26)32-15-16-13-22(27)31-21-14-17(29-2)9-10-18(16)21/h4-5,7-10,13-14H,3,6,11-12,15H2,1-2H3. The van der Waals surface area contributed by atoms with Crippen LogP contribution in [0.5, 0.6) is 5.75 Å². The number of para-hydroxylation sites is 1. The predicted octanol–water partition coefficient (Wildman–Crippen LogP) is 4.23. The quantitative estimate of drug-likeness (QED) is 0.163. The third-order valence-corrected chi connectivity index (χ3v) is 6.12. The number of hydrogen-bond acceptors (Lipinski definition) is 7. The summed E-state index contributed by atoms with van der Waals surface area (Å²) >= 11 is 1.43. The molecular formula is C24H24N2O5S. The Balaban J connectivity index is 1.69. The molecule has 0 unspecified atom stereocenters. The Labute approximate surface area is 189 Å². The molecule has 0 amide bonds. The number of ether oxygens (including phenoxy) is 2. The average Bonchev–Trinajstić information content (AvgIpc) is 2.81. The second-order valence-corrected chi connectivity index (χ2v) is 8.10. The highest BCUT2D eigenvalue weighted by Gasteiger charge is 2.14. The van der Waals surface area contributed by atoms with Gasteiger partial charge >= 0.3 is 5.63 Å². The van der Waals surface area contributed by atoms with Gasteiger partial charge in [0.2, 0.25) is 0 Å². The van der Waals surface area contributed by atoms with Crippen molar-refractivity contribution in [3.63, 3.8) is 0 Å². The van der Waals surface area contributed by atoms with Gasteiger partial charge in [-0.3, -0.25) is 9.36 Å². The first-order chi connectivity index (χ1) is 15.6. The molecule has 2 aromatic heterocycles. The van der Waals surface area contributed by atoms with Crippen molar-refractivity contribution in [2.45, 2.75) is 30.8 Å². The molecule has 0 fully saturated rings. The lowest BCUT2D eigenvalue weighted by molar-refractivity contribution is 0.140. The van der Waals surface area contributed by atoms with Gasteiger partial charge in [-0.25, -0.2) is 9.78 Å². The van der Waals surface area contributed by atoms with Crippen LogP contribution in [-0.2, 0) is 17.0 Å². The van der Waals surface area contributed by atoms with Crippen LogP contribution in [0.1, 0.15) is 18.9 Å². The fraction of sp³-hybridized carbons (Fsp3) is 0.292. The van der Waals surface area contributed by atoms with Crippen LogP contribution in [0.4, 0.5) is 0 Å². The van der Waals surface area contributed by atoms with Gasteiger partial charge in [-0.15, -0.1) is 0 Å². The number of aromatic nitrogens is 2. The molecule has 166 valence electrons. The van der Waals surface area contributed by atoms with E-state index in [2.05, 4.69) is 0 Å². The molecule has 0 spiro atoms. The summed E-state index contributed by atoms with van der Waals surface area (Å²) in [5.74, 6) is 1.08. The van der Waals surface area contributed by atoms with Gasteiger partial charge in [-0.05, 0) is 43.2 Å². The number of nitrogens with zero attached hydrogens (tertiary/aromatic N) is 2. The first-order valence-electron chi connectivity index (χ1n) is 10.4. The maximum Gasteiger partial charge on any atom is 0.336 e. The lowest BCUT2D eigenvalue weighted by atomic mass is 10.1. The molecule has 0 radical (unpaired) electrons. The first-order valence-corrected chi connectivity index (χ1v) is 11.4. The molecule has 0 bridgehead atoms. The Hall–Kier alpha value is -3.10. The second-order valence-electron chi connectivity index (χ2n) is 7.16. The number of benzene rings is 2. The summed E-state index contributed by atoms with van der Waals surface area (Å²) in [5, 5.41) is 2.02. The van der Waals surface area contributed by atoms with Crippen molar-refractivity contribution < 1.29 is 13.9 Å². The summed E-state index contributed by atoms with van der Waals surface area (Å²) < 4.78 is 17.7. The van der Waals surface area contributed by atoms with Gasteiger partial charge < -0.3 is 13.9 Å². The summed E-state index contributed by atoms with van der Waals surface area (Å²) in [7, 11) is 1.56. The summed E-state index contributed by atoms with van der Waals surface area (Å²) in [4.78, 5) is 30.0. The van der Waals surface area contributed by atoms with E-state index >= 15 is 0 Å². The van der Waals surface area contributed by atoms with Gasteiger partial charge in [0.1, 0.15) is 11.3 Å². The fourth-order valence-corrected chi connectivity index (χ4v) is 4.54. The maximum atomic E-state index is 13.2. The Bertz CT molecular complexity index is 1360. The van der Waals surface area contributed by atoms with Gasteiger partial charge in [0.15, 0.2) is 5.16 Å². The molecule has 4 rings (SSSR count). The molecule has 0 saturated heterocycles. The summed E-state index contributed by atoms with van der Waals surface area (Å²) in [6.45, 7) is 3.67. The number of methoxy groups -OCH3 is 1. The summed E-state index contributed by atoms with van der Waals surface area (Å²) in [6, 6.07) is 14.2. The molecule has 8 heteroatoms. The Morgan fingerprint density at radius 3 is 2.75 bits per heavy atom. The van der Waals surface area contributed by atoms with Crippen LogP contribution in [0.2, 0.25) is 0 Å². The molecule has 0 aliphatic rings. The lowest BCUT2D eigenvalue weighted by Crippen LogP contribution is -2.24. The van der Waals surface area contributed by atoms with Crippen molar-refractivity contribution in [2.75, 3.05) is 20.3 Å². The van der Waals surface area contributed by atoms with Gasteiger partial charge in [0.25, 0.3) is 5.56 Å². The normalized spacial score (nSPS) is 11.3. The average molecular weight is 453 g/mol. The van der Waals surface area contributed by atoms with Crippen molar-refractivity contribution in [3.8, 4) is 5.75 Å². The third kappa shape index (κ3) is 4.71. The zero-order valence-corrected chi connectivity index (χ0v) is 18.8. The zero-order chi connectivity index (χ0) is 22.5. The van der Waals surface area contributed by atoms with Crippen LogP contribution in [0, 0.1) is 0 Å². The highest BCUT2D eigenvalue weighted by molar-refractivity contribution is 7.98. The smallest absolute Gasteiger partial charge is 0.336 e. The van der Waals surface area contributed by atoms with Crippen molar-refractivity contribution in [2.24, 2.45) is 0 Å². The highest BCUT2D eigenvalue weighted by atomic mass is 32.2. The molecule has 0 atom stereocenters. The maximum absolute atomic E-state index is 13.2. The fourth-order valence-electron chi connectivity index (χ4n) is 3.52. The van der Waals surface area contributed by atoms with E-state index in [4.69, 9.17) is 18.9 Å². The van der Waals surface area contributed by atoms with Gasteiger partial charge in [0, 0.05) is 43.0 Å². The van der Waals surface area contributed by atoms with Crippen molar-refractivity contribution in [1.82, 2.24) is 9.55 Å². The monoisotopic (exact) mass is 452 g/mol. The van der Waals surface area contributed by atoms with Crippen LogP contribution in [0.25, 0.3) is 21.9 Å². The van der Waals surface area contributed by atoms with Gasteiger partial charge in [-0.2, -0.15) is 0 Å². The first kappa shape index (κ1) is 22.1. The van der Waals surface area contributed by atoms with Crippen LogP contribution in [-0.4, -0.2) is 29.9 Å². The minimum atomic E-state index is -0.429. The van der Waals surface area contributed by atoms with Crippen LogP contribution in [0.3, 0.4) is 0 Å². The van der Waals surface area contributed by atoms with Crippen molar-refractivity contribution in [3.05, 3.63) is 74.9 Å². The largest absolute Gasteiger partial charge is 0.497 e. The molecule has 2 heterocycles. The molecule has 32 heavy (non-hydrogen) atoms. The topological polar surface area (TPSA) is 83.6 Å². The zero-order valence-electron chi connectivity index (χ0n) is 18.0. The Kier molecular flexibility index (Phi) is 6.92. The van der Waals surface area contributed by atoms with Crippen LogP contribution in [0.15, 0.2) is 67.7 Å². The lowest BCUT2D eigenvalue weighted by Gasteiger charge is -2.13. The molecule has 4 aromatic rings.